The van der Waals surface area contributed by atoms with Crippen LogP contribution in [0.1, 0.15) is 0 Å². The van der Waals surface area contributed by atoms with Crippen molar-refractivity contribution in [2.24, 2.45) is 0 Å². The zero-order valence-corrected chi connectivity index (χ0v) is 14.9. The lowest BCUT2D eigenvalue weighted by Gasteiger charge is -2.46. The predicted octanol–water partition coefficient (Wildman–Crippen LogP) is -5.05. The molecule has 0 saturated carbocycles. The number of aromatic nitrogens is 4. The fourth-order valence-electron chi connectivity index (χ4n) is 3.90. The number of rotatable bonds is 3. The van der Waals surface area contributed by atoms with Crippen LogP contribution in [0.5, 0.6) is 0 Å². The lowest BCUT2D eigenvalue weighted by molar-refractivity contribution is -0.286. The number of ether oxygens (including phenoxy) is 2. The van der Waals surface area contributed by atoms with Gasteiger partial charge in [-0.2, -0.15) is 4.98 Å². The topological polar surface area (TPSA) is 229 Å². The van der Waals surface area contributed by atoms with Crippen LogP contribution < -0.4 is 11.3 Å². The Bertz CT molecular complexity index is 965. The average Bonchev–Trinajstić information content (AvgIpc) is 3.21. The first-order valence-corrected chi connectivity index (χ1v) is 8.76. The Morgan fingerprint density at radius 3 is 2.62 bits per heavy atom. The van der Waals surface area contributed by atoms with Crippen LogP contribution in [0.15, 0.2) is 11.1 Å². The van der Waals surface area contributed by atoms with E-state index in [1.165, 1.54) is 0 Å². The SMILES string of the molecule is Nc1nc2c(ncn2[C@]2(C3OC[C@@H](O)[C@@H](O)[C@@H]3O)O[C@H](CO)[C@@H](O)[C@H]2O)c(=O)[nH]1. The molecule has 4 heterocycles. The van der Waals surface area contributed by atoms with E-state index in [1.54, 1.807) is 0 Å². The lowest BCUT2D eigenvalue weighted by atomic mass is 9.87. The highest BCUT2D eigenvalue weighted by Crippen LogP contribution is 2.43. The predicted molar refractivity (Wildman–Crippen MR) is 92.3 cm³/mol. The van der Waals surface area contributed by atoms with E-state index < -0.39 is 67.2 Å². The summed E-state index contributed by atoms with van der Waals surface area (Å²) in [5, 5.41) is 61.2. The second kappa shape index (κ2) is 6.96. The van der Waals surface area contributed by atoms with Gasteiger partial charge in [-0.25, -0.2) is 4.98 Å². The summed E-state index contributed by atoms with van der Waals surface area (Å²) in [6.07, 6.45) is -10.1. The molecule has 0 spiro atoms. The van der Waals surface area contributed by atoms with Crippen LogP contribution in [-0.2, 0) is 15.2 Å². The molecule has 2 fully saturated rings. The summed E-state index contributed by atoms with van der Waals surface area (Å²) < 4.78 is 12.3. The number of anilines is 1. The lowest BCUT2D eigenvalue weighted by Crippen LogP contribution is -2.65. The van der Waals surface area contributed by atoms with Gasteiger partial charge in [-0.3, -0.25) is 14.3 Å². The van der Waals surface area contributed by atoms with Crippen molar-refractivity contribution >= 4 is 17.1 Å². The molecule has 14 nitrogen and oxygen atoms in total. The molecule has 2 aromatic heterocycles. The molecule has 2 aliphatic heterocycles. The molecule has 29 heavy (non-hydrogen) atoms. The number of imidazole rings is 1. The van der Waals surface area contributed by atoms with Crippen molar-refractivity contribution in [3.8, 4) is 0 Å². The Balaban J connectivity index is 1.95. The summed E-state index contributed by atoms with van der Waals surface area (Å²) in [4.78, 5) is 22.3. The van der Waals surface area contributed by atoms with E-state index in [4.69, 9.17) is 15.2 Å². The van der Waals surface area contributed by atoms with Gasteiger partial charge < -0.3 is 45.8 Å². The number of nitrogen functional groups attached to an aromatic ring is 1. The number of aromatic amines is 1. The summed E-state index contributed by atoms with van der Waals surface area (Å²) in [5.74, 6) is -0.272. The maximum atomic E-state index is 12.1. The molecule has 14 heteroatoms. The molecule has 1 unspecified atom stereocenters. The van der Waals surface area contributed by atoms with Crippen molar-refractivity contribution in [1.82, 2.24) is 19.5 Å². The summed E-state index contributed by atoms with van der Waals surface area (Å²) in [7, 11) is 0. The van der Waals surface area contributed by atoms with Crippen molar-refractivity contribution in [2.45, 2.75) is 48.5 Å². The van der Waals surface area contributed by atoms with E-state index in [1.807, 2.05) is 0 Å². The Hall–Kier alpha value is -2.17. The van der Waals surface area contributed by atoms with Crippen LogP contribution in [0.2, 0.25) is 0 Å². The number of hydrogen-bond acceptors (Lipinski definition) is 12. The van der Waals surface area contributed by atoms with Crippen LogP contribution in [0.3, 0.4) is 0 Å². The van der Waals surface area contributed by atoms with E-state index in [0.717, 1.165) is 10.9 Å². The van der Waals surface area contributed by atoms with Gasteiger partial charge in [-0.05, 0) is 0 Å². The number of nitrogens with one attached hydrogen (secondary N) is 1. The zero-order chi connectivity index (χ0) is 21.1. The molecule has 2 saturated heterocycles. The van der Waals surface area contributed by atoms with E-state index in [2.05, 4.69) is 15.0 Å². The maximum absolute atomic E-state index is 12.1. The first-order valence-electron chi connectivity index (χ1n) is 8.76. The summed E-state index contributed by atoms with van der Waals surface area (Å²) in [6, 6.07) is 0. The number of aliphatic hydroxyl groups excluding tert-OH is 6. The number of H-pyrrole nitrogens is 1. The molecule has 0 aliphatic carbocycles. The minimum absolute atomic E-state index is 0.160. The fourth-order valence-corrected chi connectivity index (χ4v) is 3.90. The molecule has 0 radical (unpaired) electrons. The molecule has 2 aromatic rings. The van der Waals surface area contributed by atoms with Gasteiger partial charge in [0, 0.05) is 0 Å². The highest BCUT2D eigenvalue weighted by Gasteiger charge is 2.64. The maximum Gasteiger partial charge on any atom is 0.280 e. The van der Waals surface area contributed by atoms with Crippen molar-refractivity contribution in [1.29, 1.82) is 0 Å². The Labute approximate surface area is 161 Å². The summed E-state index contributed by atoms with van der Waals surface area (Å²) in [5.41, 5.74) is 2.41. The standard InChI is InChI=1S/C15H21N5O9/c16-14-18-12-6(13(27)19-14)17-3-20(12)15(10(26)8(24)5(1-21)29-15)11-9(25)7(23)4(22)2-28-11/h3-5,7-11,21-26H,1-2H2,(H3,16,18,19,27)/t4-,5-,7-,8-,9+,10-,11?,15+/m1/s1. The summed E-state index contributed by atoms with van der Waals surface area (Å²) >= 11 is 0. The van der Waals surface area contributed by atoms with E-state index in [9.17, 15) is 35.4 Å². The van der Waals surface area contributed by atoms with Gasteiger partial charge in [0.1, 0.15) is 42.7 Å². The van der Waals surface area contributed by atoms with E-state index in [0.29, 0.717) is 0 Å². The number of fused-ring (bicyclic) bond motifs is 1. The van der Waals surface area contributed by atoms with Crippen molar-refractivity contribution in [3.63, 3.8) is 0 Å². The van der Waals surface area contributed by atoms with Crippen LogP contribution in [0, 0.1) is 0 Å². The number of hydrogen-bond donors (Lipinski definition) is 8. The van der Waals surface area contributed by atoms with Crippen LogP contribution in [0.4, 0.5) is 5.95 Å². The zero-order valence-electron chi connectivity index (χ0n) is 14.9. The van der Waals surface area contributed by atoms with Crippen molar-refractivity contribution < 1.29 is 40.1 Å². The second-order valence-electron chi connectivity index (χ2n) is 7.07. The molecule has 4 rings (SSSR count). The average molecular weight is 415 g/mol. The smallest absolute Gasteiger partial charge is 0.280 e. The third kappa shape index (κ3) is 2.77. The quantitative estimate of drug-likeness (QED) is 0.235. The van der Waals surface area contributed by atoms with Gasteiger partial charge >= 0.3 is 0 Å². The van der Waals surface area contributed by atoms with Gasteiger partial charge in [-0.15, -0.1) is 0 Å². The number of nitrogens with zero attached hydrogens (tertiary/aromatic N) is 3. The van der Waals surface area contributed by atoms with Gasteiger partial charge in [0.25, 0.3) is 5.56 Å². The largest absolute Gasteiger partial charge is 0.394 e. The molecule has 0 bridgehead atoms. The Morgan fingerprint density at radius 2 is 1.97 bits per heavy atom. The van der Waals surface area contributed by atoms with Crippen LogP contribution in [0.25, 0.3) is 11.2 Å². The third-order valence-electron chi connectivity index (χ3n) is 5.36. The Kier molecular flexibility index (Phi) is 4.83. The van der Waals surface area contributed by atoms with Crippen LogP contribution in [-0.4, -0.2) is 106 Å². The second-order valence-corrected chi connectivity index (χ2v) is 7.07. The molecular formula is C15H21N5O9. The molecule has 160 valence electrons. The monoisotopic (exact) mass is 415 g/mol. The van der Waals surface area contributed by atoms with Gasteiger partial charge in [0.2, 0.25) is 11.7 Å². The van der Waals surface area contributed by atoms with E-state index >= 15 is 0 Å². The van der Waals surface area contributed by atoms with Gasteiger partial charge in [0.15, 0.2) is 11.2 Å². The fraction of sp³-hybridized carbons (Fsp3) is 0.667. The minimum Gasteiger partial charge on any atom is -0.394 e. The number of aliphatic hydroxyl groups is 6. The molecule has 0 amide bonds. The molecule has 9 N–H and O–H groups in total. The van der Waals surface area contributed by atoms with Crippen molar-refractivity contribution in [3.05, 3.63) is 16.7 Å². The molecule has 2 aliphatic rings. The Morgan fingerprint density at radius 1 is 1.24 bits per heavy atom. The highest BCUT2D eigenvalue weighted by atomic mass is 16.6. The first kappa shape index (κ1) is 20.1. The van der Waals surface area contributed by atoms with E-state index in [-0.39, 0.29) is 17.1 Å². The summed E-state index contributed by atoms with van der Waals surface area (Å²) in [6.45, 7) is -1.12. The minimum atomic E-state index is -2.17. The molecule has 0 aromatic carbocycles. The van der Waals surface area contributed by atoms with Crippen LogP contribution >= 0.6 is 0 Å². The van der Waals surface area contributed by atoms with Gasteiger partial charge in [-0.1, -0.05) is 0 Å². The normalized spacial score (nSPS) is 40.6. The number of nitrogens with two attached hydrogens (primary N) is 1. The first-order chi connectivity index (χ1) is 13.7. The highest BCUT2D eigenvalue weighted by molar-refractivity contribution is 5.71. The molecule has 8 atom stereocenters. The van der Waals surface area contributed by atoms with Gasteiger partial charge in [0.05, 0.1) is 19.5 Å². The molecular weight excluding hydrogens is 394 g/mol. The third-order valence-corrected chi connectivity index (χ3v) is 5.36. The van der Waals surface area contributed by atoms with Crippen molar-refractivity contribution in [2.75, 3.05) is 18.9 Å².